The topological polar surface area (TPSA) is 103 Å². The Morgan fingerprint density at radius 1 is 1.22 bits per heavy atom. The quantitative estimate of drug-likeness (QED) is 0.619. The highest BCUT2D eigenvalue weighted by molar-refractivity contribution is 5.92. The number of methoxy groups -OCH3 is 1. The smallest absolute Gasteiger partial charge is 0.273 e. The van der Waals surface area contributed by atoms with Crippen LogP contribution >= 0.6 is 0 Å². The molecular weight excluding hydrogens is 350 g/mol. The summed E-state index contributed by atoms with van der Waals surface area (Å²) in [7, 11) is 1.56. The molecule has 146 valence electrons. The van der Waals surface area contributed by atoms with E-state index in [4.69, 9.17) is 14.0 Å². The zero-order chi connectivity index (χ0) is 19.6. The molecule has 27 heavy (non-hydrogen) atoms. The summed E-state index contributed by atoms with van der Waals surface area (Å²) in [6, 6.07) is 8.56. The van der Waals surface area contributed by atoms with Gasteiger partial charge in [0.1, 0.15) is 12.4 Å². The maximum atomic E-state index is 11.8. The lowest BCUT2D eigenvalue weighted by Crippen LogP contribution is -2.27. The van der Waals surface area contributed by atoms with Crippen LogP contribution in [-0.4, -0.2) is 37.2 Å². The number of carbonyl (C=O) groups excluding carboxylic acids is 2. The molecule has 0 fully saturated rings. The summed E-state index contributed by atoms with van der Waals surface area (Å²) in [5.74, 6) is 1.00. The minimum atomic E-state index is -0.330. The number of nitrogens with zero attached hydrogens (tertiary/aromatic N) is 1. The van der Waals surface area contributed by atoms with E-state index in [2.05, 4.69) is 15.8 Å². The molecule has 1 aromatic carbocycles. The van der Waals surface area contributed by atoms with Crippen LogP contribution < -0.4 is 15.4 Å². The number of benzene rings is 1. The van der Waals surface area contributed by atoms with E-state index in [1.807, 2.05) is 13.8 Å². The number of anilines is 1. The molecule has 8 nitrogen and oxygen atoms in total. The van der Waals surface area contributed by atoms with Crippen LogP contribution in [0.2, 0.25) is 0 Å². The van der Waals surface area contributed by atoms with Crippen molar-refractivity contribution < 1.29 is 23.6 Å². The average Bonchev–Trinajstić information content (AvgIpc) is 3.10. The lowest BCUT2D eigenvalue weighted by molar-refractivity contribution is -0.116. The first-order valence-electron chi connectivity index (χ1n) is 8.73. The highest BCUT2D eigenvalue weighted by atomic mass is 16.5. The highest BCUT2D eigenvalue weighted by Gasteiger charge is 2.12. The zero-order valence-corrected chi connectivity index (χ0v) is 15.8. The van der Waals surface area contributed by atoms with Crippen molar-refractivity contribution in [3.63, 3.8) is 0 Å². The molecule has 0 aliphatic heterocycles. The molecule has 2 amide bonds. The van der Waals surface area contributed by atoms with E-state index >= 15 is 0 Å². The zero-order valence-electron chi connectivity index (χ0n) is 15.8. The average molecular weight is 375 g/mol. The summed E-state index contributed by atoms with van der Waals surface area (Å²) in [6.07, 6.45) is 0.477. The van der Waals surface area contributed by atoms with Crippen LogP contribution in [0.5, 0.6) is 5.75 Å². The minimum Gasteiger partial charge on any atom is -0.486 e. The maximum Gasteiger partial charge on any atom is 0.273 e. The van der Waals surface area contributed by atoms with E-state index < -0.39 is 0 Å². The first-order valence-corrected chi connectivity index (χ1v) is 8.73. The van der Waals surface area contributed by atoms with Gasteiger partial charge >= 0.3 is 0 Å². The molecule has 0 unspecified atom stereocenters. The van der Waals surface area contributed by atoms with Gasteiger partial charge in [-0.05, 0) is 30.2 Å². The summed E-state index contributed by atoms with van der Waals surface area (Å²) in [4.78, 5) is 23.6. The number of amides is 2. The maximum absolute atomic E-state index is 11.8. The van der Waals surface area contributed by atoms with E-state index in [1.165, 1.54) is 6.07 Å². The summed E-state index contributed by atoms with van der Waals surface area (Å²) in [6.45, 7) is 4.95. The Hall–Kier alpha value is -2.87. The van der Waals surface area contributed by atoms with E-state index in [0.717, 1.165) is 0 Å². The minimum absolute atomic E-state index is 0.0170. The monoisotopic (exact) mass is 375 g/mol. The first-order chi connectivity index (χ1) is 13.0. The first kappa shape index (κ1) is 20.4. The SMILES string of the molecule is COCCNC(=O)c1cc(COc2ccc(NC(=O)CC(C)C)cc2)on1. The number of rotatable bonds is 10. The molecule has 8 heteroatoms. The molecule has 2 aromatic rings. The van der Waals surface area contributed by atoms with Crippen molar-refractivity contribution in [2.75, 3.05) is 25.6 Å². The lowest BCUT2D eigenvalue weighted by Gasteiger charge is -2.08. The number of carbonyl (C=O) groups is 2. The van der Waals surface area contributed by atoms with Gasteiger partial charge in [-0.3, -0.25) is 9.59 Å². The molecule has 0 saturated carbocycles. The van der Waals surface area contributed by atoms with Crippen molar-refractivity contribution in [3.8, 4) is 5.75 Å². The van der Waals surface area contributed by atoms with E-state index in [-0.39, 0.29) is 24.1 Å². The molecule has 0 aliphatic carbocycles. The third-order valence-electron chi connectivity index (χ3n) is 3.50. The van der Waals surface area contributed by atoms with E-state index in [0.29, 0.717) is 42.7 Å². The van der Waals surface area contributed by atoms with E-state index in [9.17, 15) is 9.59 Å². The molecular formula is C19H25N3O5. The summed E-state index contributed by atoms with van der Waals surface area (Å²) in [5.41, 5.74) is 0.899. The van der Waals surface area contributed by atoms with Crippen LogP contribution in [0.4, 0.5) is 5.69 Å². The molecule has 0 atom stereocenters. The molecule has 1 heterocycles. The van der Waals surface area contributed by atoms with Crippen molar-refractivity contribution in [1.82, 2.24) is 10.5 Å². The van der Waals surface area contributed by atoms with Gasteiger partial charge in [0.25, 0.3) is 5.91 Å². The van der Waals surface area contributed by atoms with Gasteiger partial charge in [-0.2, -0.15) is 0 Å². The van der Waals surface area contributed by atoms with Crippen LogP contribution in [0.3, 0.4) is 0 Å². The largest absolute Gasteiger partial charge is 0.486 e. The Labute approximate surface area is 158 Å². The fourth-order valence-corrected chi connectivity index (χ4v) is 2.22. The Bertz CT molecular complexity index is 740. The predicted molar refractivity (Wildman–Crippen MR) is 99.6 cm³/mol. The molecule has 0 saturated heterocycles. The number of nitrogens with one attached hydrogen (secondary N) is 2. The summed E-state index contributed by atoms with van der Waals surface area (Å²) < 4.78 is 15.6. The summed E-state index contributed by atoms with van der Waals surface area (Å²) in [5, 5.41) is 9.22. The second-order valence-electron chi connectivity index (χ2n) is 6.39. The van der Waals surface area contributed by atoms with Gasteiger partial charge in [0, 0.05) is 31.8 Å². The normalized spacial score (nSPS) is 10.7. The van der Waals surface area contributed by atoms with Crippen LogP contribution in [0.25, 0.3) is 0 Å². The van der Waals surface area contributed by atoms with Gasteiger partial charge < -0.3 is 24.6 Å². The van der Waals surface area contributed by atoms with Gasteiger partial charge in [0.2, 0.25) is 5.91 Å². The number of aromatic nitrogens is 1. The molecule has 0 spiro atoms. The number of hydrogen-bond acceptors (Lipinski definition) is 6. The molecule has 1 aromatic heterocycles. The second kappa shape index (κ2) is 10.3. The third kappa shape index (κ3) is 7.10. The molecule has 2 N–H and O–H groups in total. The van der Waals surface area contributed by atoms with Gasteiger partial charge in [0.15, 0.2) is 11.5 Å². The fraction of sp³-hybridized carbons (Fsp3) is 0.421. The Morgan fingerprint density at radius 2 is 1.96 bits per heavy atom. The lowest BCUT2D eigenvalue weighted by atomic mass is 10.1. The van der Waals surface area contributed by atoms with Crippen LogP contribution in [0, 0.1) is 5.92 Å². The Balaban J connectivity index is 1.81. The summed E-state index contributed by atoms with van der Waals surface area (Å²) >= 11 is 0. The molecule has 0 aliphatic rings. The van der Waals surface area contributed by atoms with Crippen molar-refractivity contribution in [2.24, 2.45) is 5.92 Å². The predicted octanol–water partition coefficient (Wildman–Crippen LogP) is 2.61. The van der Waals surface area contributed by atoms with Crippen LogP contribution in [-0.2, 0) is 16.1 Å². The van der Waals surface area contributed by atoms with Crippen molar-refractivity contribution in [2.45, 2.75) is 26.9 Å². The molecule has 0 bridgehead atoms. The Morgan fingerprint density at radius 3 is 2.63 bits per heavy atom. The van der Waals surface area contributed by atoms with Crippen LogP contribution in [0.1, 0.15) is 36.5 Å². The molecule has 0 radical (unpaired) electrons. The van der Waals surface area contributed by atoms with E-state index in [1.54, 1.807) is 31.4 Å². The van der Waals surface area contributed by atoms with Gasteiger partial charge in [-0.15, -0.1) is 0 Å². The standard InChI is InChI=1S/C19H25N3O5/c1-13(2)10-18(23)21-14-4-6-15(7-5-14)26-12-16-11-17(22-27-16)19(24)20-8-9-25-3/h4-7,11,13H,8-10,12H2,1-3H3,(H,20,24)(H,21,23). The molecule has 2 rings (SSSR count). The van der Waals surface area contributed by atoms with Crippen molar-refractivity contribution in [3.05, 3.63) is 41.8 Å². The highest BCUT2D eigenvalue weighted by Crippen LogP contribution is 2.18. The van der Waals surface area contributed by atoms with Crippen molar-refractivity contribution in [1.29, 1.82) is 0 Å². The Kier molecular flexibility index (Phi) is 7.81. The second-order valence-corrected chi connectivity index (χ2v) is 6.39. The van der Waals surface area contributed by atoms with Crippen molar-refractivity contribution >= 4 is 17.5 Å². The van der Waals surface area contributed by atoms with Crippen LogP contribution in [0.15, 0.2) is 34.9 Å². The fourth-order valence-electron chi connectivity index (χ4n) is 2.22. The number of ether oxygens (including phenoxy) is 2. The van der Waals surface area contributed by atoms with Gasteiger partial charge in [-0.1, -0.05) is 19.0 Å². The van der Waals surface area contributed by atoms with Gasteiger partial charge in [-0.25, -0.2) is 0 Å². The third-order valence-corrected chi connectivity index (χ3v) is 3.50. The number of hydrogen-bond donors (Lipinski definition) is 2. The van der Waals surface area contributed by atoms with Gasteiger partial charge in [0.05, 0.1) is 6.61 Å².